The number of aliphatic hydroxyl groups excluding tert-OH is 1. The van der Waals surface area contributed by atoms with Gasteiger partial charge in [-0.3, -0.25) is 14.6 Å². The minimum atomic E-state index is -1.45. The molecule has 4 N–H and O–H groups in total. The minimum absolute atomic E-state index is 0.0627. The molecule has 0 saturated carbocycles. The molecule has 2 fully saturated rings. The van der Waals surface area contributed by atoms with Gasteiger partial charge >= 0.3 is 0 Å². The van der Waals surface area contributed by atoms with Crippen LogP contribution in [-0.4, -0.2) is 106 Å². The second-order valence-electron chi connectivity index (χ2n) is 13.8. The van der Waals surface area contributed by atoms with Gasteiger partial charge in [0.1, 0.15) is 29.6 Å². The number of benzene rings is 2. The number of hydrogen-bond donors (Lipinski definition) is 4. The monoisotopic (exact) mass is 612 g/mol. The third kappa shape index (κ3) is 2.98. The molecule has 2 aromatic rings. The molecule has 0 aromatic heterocycles. The molecule has 4 aliphatic heterocycles. The number of ether oxygens (including phenoxy) is 3. The Hall–Kier alpha value is -3.83. The summed E-state index contributed by atoms with van der Waals surface area (Å²) >= 11 is 0. The Balaban J connectivity index is 0.000000125. The third-order valence-electron chi connectivity index (χ3n) is 12.1. The number of phenols is 2. The Morgan fingerprint density at radius 2 is 1.69 bits per heavy atom. The number of allylic oxidation sites excluding steroid dienone is 2. The van der Waals surface area contributed by atoms with E-state index in [9.17, 15) is 25.2 Å². The van der Waals surface area contributed by atoms with Crippen molar-refractivity contribution >= 4 is 5.78 Å². The fourth-order valence-electron chi connectivity index (χ4n) is 10.1. The van der Waals surface area contributed by atoms with Gasteiger partial charge in [0.05, 0.1) is 17.9 Å². The van der Waals surface area contributed by atoms with Gasteiger partial charge in [-0.2, -0.15) is 0 Å². The summed E-state index contributed by atoms with van der Waals surface area (Å²) in [6.07, 6.45) is 8.10. The Morgan fingerprint density at radius 3 is 2.47 bits per heavy atom. The van der Waals surface area contributed by atoms with E-state index in [-0.39, 0.29) is 34.6 Å². The number of likely N-dealkylation sites (N-methyl/N-ethyl adjacent to an activating group) is 2. The topological polar surface area (TPSA) is 132 Å². The number of carbonyl (C=O) groups is 1. The first-order chi connectivity index (χ1) is 21.6. The van der Waals surface area contributed by atoms with E-state index in [1.54, 1.807) is 25.3 Å². The molecule has 4 bridgehead atoms. The molecular formula is C35H36N2O8. The van der Waals surface area contributed by atoms with Gasteiger partial charge in [-0.1, -0.05) is 24.3 Å². The minimum Gasteiger partial charge on any atom is -0.504 e. The van der Waals surface area contributed by atoms with Crippen LogP contribution < -0.4 is 9.47 Å². The quantitative estimate of drug-likeness (QED) is 0.355. The van der Waals surface area contributed by atoms with Gasteiger partial charge in [-0.05, 0) is 81.9 Å². The van der Waals surface area contributed by atoms with Crippen LogP contribution in [0.5, 0.6) is 23.0 Å². The lowest BCUT2D eigenvalue weighted by Crippen LogP contribution is -2.76. The number of methoxy groups -OCH3 is 1. The van der Waals surface area contributed by atoms with Crippen molar-refractivity contribution in [1.29, 1.82) is 0 Å². The number of rotatable bonds is 1. The molecule has 4 aliphatic carbocycles. The predicted molar refractivity (Wildman–Crippen MR) is 162 cm³/mol. The summed E-state index contributed by atoms with van der Waals surface area (Å²) in [6.45, 7) is 1.64. The standard InChI is InChI=1S/C18H19NO3.C17H17NO5/c1-19-8-7-18-11-4-6-14(21-2)17(18)22-16-13(20)5-3-10(15(16)18)9-12(11)19;1-18-7-6-16-11-8-2-3-9(19)13(11)23-15(16)10(20)4-5-17(16,22)14(18)12(8)21/h3-6,12,17,20H,7-9H2,1-2H3;2-5,10,14-15,19-20,22H,6-7H2,1H3/t12-,17+,18+;10-,14+,15-,16-,17+/m10/s1. The van der Waals surface area contributed by atoms with Crippen LogP contribution in [0.1, 0.15) is 39.9 Å². The van der Waals surface area contributed by atoms with Crippen LogP contribution in [-0.2, 0) is 22.0 Å². The normalized spacial score (nSPS) is 39.0. The van der Waals surface area contributed by atoms with Gasteiger partial charge in [-0.15, -0.1) is 0 Å². The number of aromatic hydroxyl groups is 2. The molecule has 0 amide bonds. The van der Waals surface area contributed by atoms with Crippen LogP contribution in [0.4, 0.5) is 0 Å². The smallest absolute Gasteiger partial charge is 0.183 e. The second-order valence-corrected chi connectivity index (χ2v) is 13.8. The average Bonchev–Trinajstić information content (AvgIpc) is 3.57. The fraction of sp³-hybridized carbons (Fsp3) is 0.457. The molecule has 2 saturated heterocycles. The van der Waals surface area contributed by atoms with Crippen molar-refractivity contribution in [3.8, 4) is 23.0 Å². The zero-order valence-corrected chi connectivity index (χ0v) is 25.4. The first-order valence-electron chi connectivity index (χ1n) is 15.6. The van der Waals surface area contributed by atoms with Crippen molar-refractivity contribution in [1.82, 2.24) is 9.80 Å². The number of piperidine rings is 2. The molecule has 4 heterocycles. The van der Waals surface area contributed by atoms with Gasteiger partial charge in [0.2, 0.25) is 0 Å². The van der Waals surface area contributed by atoms with Crippen LogP contribution in [0, 0.1) is 0 Å². The largest absolute Gasteiger partial charge is 0.504 e. The molecular weight excluding hydrogens is 576 g/mol. The number of likely N-dealkylation sites (tertiary alicyclic amines) is 2. The zero-order valence-electron chi connectivity index (χ0n) is 25.4. The fourth-order valence-corrected chi connectivity index (χ4v) is 10.1. The highest BCUT2D eigenvalue weighted by atomic mass is 16.5. The van der Waals surface area contributed by atoms with Crippen molar-refractivity contribution < 1.29 is 39.4 Å². The Labute approximate surface area is 260 Å². The number of Topliss-reactive ketones (excluding diaryl/α,β-unsaturated/α-hetero) is 1. The predicted octanol–water partition coefficient (Wildman–Crippen LogP) is 2.07. The highest BCUT2D eigenvalue weighted by molar-refractivity contribution is 6.06. The van der Waals surface area contributed by atoms with Crippen LogP contribution in [0.15, 0.2) is 59.9 Å². The second kappa shape index (κ2) is 8.70. The van der Waals surface area contributed by atoms with Gasteiger partial charge in [0.15, 0.2) is 34.9 Å². The molecule has 45 heavy (non-hydrogen) atoms. The van der Waals surface area contributed by atoms with E-state index in [1.807, 2.05) is 18.0 Å². The lowest BCUT2D eigenvalue weighted by Gasteiger charge is -2.60. The molecule has 2 aromatic carbocycles. The van der Waals surface area contributed by atoms with Crippen molar-refractivity contribution in [2.75, 3.05) is 34.3 Å². The van der Waals surface area contributed by atoms with Crippen LogP contribution in [0.3, 0.4) is 0 Å². The maximum atomic E-state index is 13.0. The average molecular weight is 613 g/mol. The van der Waals surface area contributed by atoms with Crippen molar-refractivity contribution in [3.63, 3.8) is 0 Å². The molecule has 234 valence electrons. The van der Waals surface area contributed by atoms with Gasteiger partial charge in [-0.25, -0.2) is 0 Å². The summed E-state index contributed by atoms with van der Waals surface area (Å²) < 4.78 is 17.7. The maximum Gasteiger partial charge on any atom is 0.183 e. The molecule has 10 heteroatoms. The SMILES string of the molecule is CN1CC[C@]23c4c5ccc(O)c4O[C@H]2[C@@H](O)C=C[C@@]3(O)[C@H]1C5=O.COC1=CC=C2[C@H]3Cc4ccc(O)c5c4[C@@]2(CCN3C)[C@H]1O5. The molecule has 2 spiro atoms. The van der Waals surface area contributed by atoms with Gasteiger partial charge in [0, 0.05) is 22.7 Å². The summed E-state index contributed by atoms with van der Waals surface area (Å²) in [5, 5.41) is 42.5. The number of aliphatic hydroxyl groups is 2. The summed E-state index contributed by atoms with van der Waals surface area (Å²) in [7, 11) is 5.72. The van der Waals surface area contributed by atoms with E-state index < -0.39 is 29.3 Å². The lowest BCUT2D eigenvalue weighted by molar-refractivity contribution is -0.138. The lowest BCUT2D eigenvalue weighted by atomic mass is 9.50. The van der Waals surface area contributed by atoms with Gasteiger partial charge < -0.3 is 34.6 Å². The number of phenolic OH excluding ortho intramolecular Hbond substituents is 2. The molecule has 0 radical (unpaired) electrons. The molecule has 10 rings (SSSR count). The summed E-state index contributed by atoms with van der Waals surface area (Å²) in [4.78, 5) is 17.3. The summed E-state index contributed by atoms with van der Waals surface area (Å²) in [5.41, 5.74) is 2.45. The highest BCUT2D eigenvalue weighted by Gasteiger charge is 2.73. The van der Waals surface area contributed by atoms with Crippen molar-refractivity contribution in [3.05, 3.63) is 82.2 Å². The Kier molecular flexibility index (Phi) is 5.31. The van der Waals surface area contributed by atoms with Crippen LogP contribution >= 0.6 is 0 Å². The Bertz CT molecular complexity index is 1800. The molecule has 10 nitrogen and oxygen atoms in total. The molecule has 8 atom stereocenters. The number of ketones is 1. The van der Waals surface area contributed by atoms with E-state index in [1.165, 1.54) is 28.8 Å². The third-order valence-corrected chi connectivity index (χ3v) is 12.1. The maximum absolute atomic E-state index is 13.0. The number of carbonyl (C=O) groups excluding carboxylic acids is 1. The van der Waals surface area contributed by atoms with E-state index in [4.69, 9.17) is 14.2 Å². The van der Waals surface area contributed by atoms with E-state index in [0.717, 1.165) is 25.1 Å². The number of hydrogen-bond acceptors (Lipinski definition) is 10. The summed E-state index contributed by atoms with van der Waals surface area (Å²) in [5.74, 6) is 1.76. The van der Waals surface area contributed by atoms with E-state index in [0.29, 0.717) is 35.9 Å². The Morgan fingerprint density at radius 1 is 0.956 bits per heavy atom. The van der Waals surface area contributed by atoms with E-state index in [2.05, 4.69) is 24.1 Å². The van der Waals surface area contributed by atoms with Crippen LogP contribution in [0.2, 0.25) is 0 Å². The van der Waals surface area contributed by atoms with Crippen LogP contribution in [0.25, 0.3) is 0 Å². The summed E-state index contributed by atoms with van der Waals surface area (Å²) in [6, 6.07) is 6.57. The highest BCUT2D eigenvalue weighted by Crippen LogP contribution is 2.64. The molecule has 0 unspecified atom stereocenters. The van der Waals surface area contributed by atoms with Crippen molar-refractivity contribution in [2.24, 2.45) is 0 Å². The molecule has 8 aliphatic rings. The first kappa shape index (κ1) is 27.5. The number of nitrogens with zero attached hydrogens (tertiary/aromatic N) is 2. The van der Waals surface area contributed by atoms with Crippen molar-refractivity contribution in [2.45, 2.75) is 66.1 Å². The van der Waals surface area contributed by atoms with Gasteiger partial charge in [0.25, 0.3) is 0 Å². The first-order valence-corrected chi connectivity index (χ1v) is 15.6. The van der Waals surface area contributed by atoms with E-state index >= 15 is 0 Å². The zero-order chi connectivity index (χ0) is 31.2.